The lowest BCUT2D eigenvalue weighted by atomic mass is 9.85. The van der Waals surface area contributed by atoms with E-state index in [9.17, 15) is 22.8 Å². The first-order valence-electron chi connectivity index (χ1n) is 13.3. The van der Waals surface area contributed by atoms with E-state index in [4.69, 9.17) is 10.00 Å². The van der Waals surface area contributed by atoms with Gasteiger partial charge >= 0.3 is 6.18 Å². The maximum Gasteiger partial charge on any atom is 0.422 e. The lowest BCUT2D eigenvalue weighted by molar-refractivity contribution is -0.153. The third kappa shape index (κ3) is 8.32. The minimum Gasteiger partial charge on any atom is -0.484 e. The summed E-state index contributed by atoms with van der Waals surface area (Å²) >= 11 is 0. The number of nitrogens with zero attached hydrogens (tertiary/aromatic N) is 2. The summed E-state index contributed by atoms with van der Waals surface area (Å²) in [4.78, 5) is 25.8. The Labute approximate surface area is 236 Å². The number of piperidine rings is 1. The van der Waals surface area contributed by atoms with E-state index in [1.807, 2.05) is 30.3 Å². The van der Waals surface area contributed by atoms with Crippen molar-refractivity contribution in [3.8, 4) is 22.9 Å². The second kappa shape index (κ2) is 13.3. The van der Waals surface area contributed by atoms with Gasteiger partial charge in [-0.05, 0) is 47.4 Å². The van der Waals surface area contributed by atoms with Crippen LogP contribution in [0.15, 0.2) is 72.8 Å². The fourth-order valence-electron chi connectivity index (χ4n) is 4.95. The number of alkyl halides is 3. The molecule has 2 N–H and O–H groups in total. The Morgan fingerprint density at radius 3 is 2.41 bits per heavy atom. The lowest BCUT2D eigenvalue weighted by Crippen LogP contribution is -2.51. The first-order valence-corrected chi connectivity index (χ1v) is 13.3. The highest BCUT2D eigenvalue weighted by atomic mass is 19.4. The highest BCUT2D eigenvalue weighted by Crippen LogP contribution is 2.31. The minimum atomic E-state index is -4.48. The van der Waals surface area contributed by atoms with E-state index in [0.29, 0.717) is 30.6 Å². The molecule has 41 heavy (non-hydrogen) atoms. The number of likely N-dealkylation sites (tertiary alicyclic amines) is 1. The summed E-state index contributed by atoms with van der Waals surface area (Å²) in [6.07, 6.45) is -3.87. The molecular weight excluding hydrogens is 533 g/mol. The molecule has 214 valence electrons. The van der Waals surface area contributed by atoms with Crippen LogP contribution in [0.3, 0.4) is 0 Å². The third-order valence-corrected chi connectivity index (χ3v) is 7.04. The molecule has 0 unspecified atom stereocenters. The molecule has 7 nitrogen and oxygen atoms in total. The van der Waals surface area contributed by atoms with E-state index in [1.165, 1.54) is 13.0 Å². The number of nitrogens with one attached hydrogen (secondary N) is 2. The Balaban J connectivity index is 1.56. The van der Waals surface area contributed by atoms with Crippen molar-refractivity contribution in [1.29, 1.82) is 5.26 Å². The van der Waals surface area contributed by atoms with E-state index in [-0.39, 0.29) is 42.6 Å². The molecule has 0 spiro atoms. The van der Waals surface area contributed by atoms with Gasteiger partial charge in [0.15, 0.2) is 6.61 Å². The fourth-order valence-corrected chi connectivity index (χ4v) is 4.95. The molecule has 10 heteroatoms. The van der Waals surface area contributed by atoms with E-state index < -0.39 is 12.8 Å². The van der Waals surface area contributed by atoms with Crippen molar-refractivity contribution >= 4 is 11.8 Å². The van der Waals surface area contributed by atoms with Crippen LogP contribution in [0.4, 0.5) is 13.2 Å². The molecule has 0 radical (unpaired) electrons. The van der Waals surface area contributed by atoms with Crippen molar-refractivity contribution in [2.24, 2.45) is 0 Å². The van der Waals surface area contributed by atoms with Crippen molar-refractivity contribution in [2.45, 2.75) is 38.0 Å². The molecule has 4 rings (SSSR count). The molecule has 0 aromatic heterocycles. The summed E-state index contributed by atoms with van der Waals surface area (Å²) in [7, 11) is 0. The van der Waals surface area contributed by atoms with Gasteiger partial charge in [-0.25, -0.2) is 0 Å². The highest BCUT2D eigenvalue weighted by molar-refractivity contribution is 5.83. The van der Waals surface area contributed by atoms with E-state index in [0.717, 1.165) is 16.7 Å². The van der Waals surface area contributed by atoms with Gasteiger partial charge < -0.3 is 20.3 Å². The summed E-state index contributed by atoms with van der Waals surface area (Å²) < 4.78 is 44.1. The Morgan fingerprint density at radius 1 is 1.05 bits per heavy atom. The van der Waals surface area contributed by atoms with Crippen LogP contribution in [0.5, 0.6) is 5.75 Å². The van der Waals surface area contributed by atoms with Crippen LogP contribution in [0, 0.1) is 11.3 Å². The summed E-state index contributed by atoms with van der Waals surface area (Å²) in [6.45, 7) is 1.03. The van der Waals surface area contributed by atoms with Crippen molar-refractivity contribution < 1.29 is 27.5 Å². The molecule has 2 amide bonds. The first-order chi connectivity index (χ1) is 19.6. The molecule has 1 fully saturated rings. The lowest BCUT2D eigenvalue weighted by Gasteiger charge is -2.39. The fraction of sp³-hybridized carbons (Fsp3) is 0.323. The molecule has 1 saturated heterocycles. The van der Waals surface area contributed by atoms with E-state index >= 15 is 0 Å². The molecule has 3 aromatic rings. The van der Waals surface area contributed by atoms with Crippen LogP contribution in [-0.4, -0.2) is 55.2 Å². The second-order valence-electron chi connectivity index (χ2n) is 9.96. The predicted molar refractivity (Wildman–Crippen MR) is 148 cm³/mol. The number of hydrogen-bond donors (Lipinski definition) is 2. The molecule has 0 bridgehead atoms. The highest BCUT2D eigenvalue weighted by Gasteiger charge is 2.33. The molecule has 1 heterocycles. The second-order valence-corrected chi connectivity index (χ2v) is 9.96. The predicted octanol–water partition coefficient (Wildman–Crippen LogP) is 4.78. The van der Waals surface area contributed by atoms with Crippen molar-refractivity contribution in [2.75, 3.05) is 26.2 Å². The molecule has 0 saturated carbocycles. The van der Waals surface area contributed by atoms with Crippen molar-refractivity contribution in [3.63, 3.8) is 0 Å². The normalized spacial score (nSPS) is 17.0. The van der Waals surface area contributed by atoms with Gasteiger partial charge in [0.2, 0.25) is 11.8 Å². The van der Waals surface area contributed by atoms with E-state index in [1.54, 1.807) is 41.3 Å². The van der Waals surface area contributed by atoms with Gasteiger partial charge in [-0.3, -0.25) is 9.59 Å². The zero-order valence-corrected chi connectivity index (χ0v) is 22.6. The van der Waals surface area contributed by atoms with Crippen LogP contribution in [0.1, 0.15) is 36.0 Å². The number of halogens is 3. The largest absolute Gasteiger partial charge is 0.484 e. The zero-order chi connectivity index (χ0) is 29.4. The molecule has 0 aliphatic carbocycles. The van der Waals surface area contributed by atoms with Gasteiger partial charge in [0, 0.05) is 44.1 Å². The minimum absolute atomic E-state index is 0.0724. The Hall–Kier alpha value is -4.36. The van der Waals surface area contributed by atoms with Gasteiger partial charge in [-0.15, -0.1) is 0 Å². The topological polar surface area (TPSA) is 94.5 Å². The van der Waals surface area contributed by atoms with Crippen LogP contribution in [0.2, 0.25) is 0 Å². The van der Waals surface area contributed by atoms with Crippen LogP contribution in [-0.2, 0) is 16.1 Å². The molecule has 2 atom stereocenters. The third-order valence-electron chi connectivity index (χ3n) is 7.04. The maximum absolute atomic E-state index is 13.0. The van der Waals surface area contributed by atoms with E-state index in [2.05, 4.69) is 16.7 Å². The SMILES string of the molecule is CC(=O)NCC(=O)N1CC[C@H](NCc2cc(-c3ccc(C#N)cc3)ccc2OCC(F)(F)F)[C@H](c2ccccc2)C1. The number of carbonyl (C=O) groups excluding carboxylic acids is 2. The molecule has 1 aliphatic heterocycles. The Bertz CT molecular complexity index is 1390. The summed E-state index contributed by atoms with van der Waals surface area (Å²) in [5, 5.41) is 15.2. The first kappa shape index (κ1) is 29.6. The number of hydrogen-bond acceptors (Lipinski definition) is 5. The summed E-state index contributed by atoms with van der Waals surface area (Å²) in [5.74, 6) is -0.391. The molecule has 1 aliphatic rings. The number of benzene rings is 3. The van der Waals surface area contributed by atoms with Gasteiger partial charge in [-0.2, -0.15) is 18.4 Å². The van der Waals surface area contributed by atoms with Gasteiger partial charge in [-0.1, -0.05) is 48.5 Å². The average Bonchev–Trinajstić information content (AvgIpc) is 2.98. The standard InChI is InChI=1S/C31H31F3N4O3/c1-21(39)36-18-30(40)38-14-13-28(27(19-38)24-5-3-2-4-6-24)37-17-26-15-25(23-9-7-22(16-35)8-10-23)11-12-29(26)41-20-31(32,33)34/h2-12,15,27-28,37H,13-14,17-20H2,1H3,(H,36,39)/t27-,28-/m0/s1. The average molecular weight is 565 g/mol. The quantitative estimate of drug-likeness (QED) is 0.390. The van der Waals surface area contributed by atoms with Crippen LogP contribution < -0.4 is 15.4 Å². The Morgan fingerprint density at radius 2 is 1.76 bits per heavy atom. The Kier molecular flexibility index (Phi) is 9.63. The molecular formula is C31H31F3N4O3. The van der Waals surface area contributed by atoms with Crippen molar-refractivity contribution in [3.05, 3.63) is 89.5 Å². The summed E-state index contributed by atoms with van der Waals surface area (Å²) in [6, 6.07) is 23.7. The summed E-state index contributed by atoms with van der Waals surface area (Å²) in [5.41, 5.74) is 3.70. The zero-order valence-electron chi connectivity index (χ0n) is 22.6. The van der Waals surface area contributed by atoms with Gasteiger partial charge in [0.25, 0.3) is 0 Å². The van der Waals surface area contributed by atoms with Crippen LogP contribution >= 0.6 is 0 Å². The van der Waals surface area contributed by atoms with Gasteiger partial charge in [0.05, 0.1) is 18.2 Å². The number of nitriles is 1. The monoisotopic (exact) mass is 564 g/mol. The smallest absolute Gasteiger partial charge is 0.422 e. The van der Waals surface area contributed by atoms with Gasteiger partial charge in [0.1, 0.15) is 5.75 Å². The van der Waals surface area contributed by atoms with Crippen molar-refractivity contribution in [1.82, 2.24) is 15.5 Å². The molecule has 3 aromatic carbocycles. The maximum atomic E-state index is 13.0. The number of amides is 2. The number of carbonyl (C=O) groups is 2. The number of ether oxygens (including phenoxy) is 1. The number of rotatable bonds is 9. The van der Waals surface area contributed by atoms with Crippen LogP contribution in [0.25, 0.3) is 11.1 Å².